The van der Waals surface area contributed by atoms with Gasteiger partial charge in [-0.3, -0.25) is 0 Å². The molecule has 0 saturated heterocycles. The van der Waals surface area contributed by atoms with Crippen molar-refractivity contribution < 1.29 is 14.6 Å². The third-order valence-corrected chi connectivity index (χ3v) is 2.64. The molecule has 2 unspecified atom stereocenters. The van der Waals surface area contributed by atoms with Crippen molar-refractivity contribution in [3.63, 3.8) is 0 Å². The molecular formula is C13H20ClNO3. The van der Waals surface area contributed by atoms with Crippen LogP contribution in [0.5, 0.6) is 5.75 Å². The smallest absolute Gasteiger partial charge is 0.124 e. The first-order valence-corrected chi connectivity index (χ1v) is 6.36. The molecule has 1 aromatic carbocycles. The van der Waals surface area contributed by atoms with Gasteiger partial charge in [0.2, 0.25) is 0 Å². The first kappa shape index (κ1) is 15.2. The highest BCUT2D eigenvalue weighted by molar-refractivity contribution is 6.30. The van der Waals surface area contributed by atoms with Crippen molar-refractivity contribution in [1.82, 2.24) is 0 Å². The minimum atomic E-state index is -0.651. The third-order valence-electron chi connectivity index (χ3n) is 2.41. The number of hydrogen-bond acceptors (Lipinski definition) is 4. The molecule has 102 valence electrons. The van der Waals surface area contributed by atoms with Crippen LogP contribution >= 0.6 is 11.6 Å². The van der Waals surface area contributed by atoms with Crippen LogP contribution in [0, 0.1) is 0 Å². The standard InChI is InChI=1S/C13H20ClNO3/c1-3-17-7-11(16)8-18-13-5-4-10(14)6-12(13)9(2)15/h4-6,9,11,16H,3,7-8,15H2,1-2H3. The number of nitrogens with two attached hydrogens (primary N) is 1. The molecule has 0 aromatic heterocycles. The highest BCUT2D eigenvalue weighted by Crippen LogP contribution is 2.27. The Hall–Kier alpha value is -0.810. The van der Waals surface area contributed by atoms with Crippen LogP contribution in [0.25, 0.3) is 0 Å². The first-order valence-electron chi connectivity index (χ1n) is 5.98. The quantitative estimate of drug-likeness (QED) is 0.799. The summed E-state index contributed by atoms with van der Waals surface area (Å²) in [5.41, 5.74) is 6.67. The Balaban J connectivity index is 2.61. The Morgan fingerprint density at radius 1 is 1.39 bits per heavy atom. The molecule has 0 fully saturated rings. The lowest BCUT2D eigenvalue weighted by atomic mass is 10.1. The number of aliphatic hydroxyl groups is 1. The van der Waals surface area contributed by atoms with Crippen molar-refractivity contribution in [2.24, 2.45) is 5.73 Å². The molecule has 0 spiro atoms. The average Bonchev–Trinajstić information content (AvgIpc) is 2.34. The maximum absolute atomic E-state index is 9.62. The van der Waals surface area contributed by atoms with E-state index in [1.165, 1.54) is 0 Å². The van der Waals surface area contributed by atoms with Crippen LogP contribution in [0.1, 0.15) is 25.5 Å². The Labute approximate surface area is 113 Å². The Bertz CT molecular complexity index is 371. The van der Waals surface area contributed by atoms with Crippen molar-refractivity contribution >= 4 is 11.6 Å². The van der Waals surface area contributed by atoms with Gasteiger partial charge in [0, 0.05) is 23.2 Å². The monoisotopic (exact) mass is 273 g/mol. The molecule has 0 bridgehead atoms. The van der Waals surface area contributed by atoms with Crippen molar-refractivity contribution in [2.75, 3.05) is 19.8 Å². The van der Waals surface area contributed by atoms with Gasteiger partial charge in [-0.15, -0.1) is 0 Å². The summed E-state index contributed by atoms with van der Waals surface area (Å²) in [6.45, 7) is 4.73. The lowest BCUT2D eigenvalue weighted by Crippen LogP contribution is -2.24. The van der Waals surface area contributed by atoms with Crippen molar-refractivity contribution in [3.05, 3.63) is 28.8 Å². The molecule has 18 heavy (non-hydrogen) atoms. The number of hydrogen-bond donors (Lipinski definition) is 2. The van der Waals surface area contributed by atoms with E-state index in [4.69, 9.17) is 26.8 Å². The molecular weight excluding hydrogens is 254 g/mol. The second kappa shape index (κ2) is 7.59. The molecule has 0 aliphatic heterocycles. The zero-order valence-electron chi connectivity index (χ0n) is 10.7. The van der Waals surface area contributed by atoms with Gasteiger partial charge in [-0.1, -0.05) is 11.6 Å². The Kier molecular flexibility index (Phi) is 6.43. The minimum Gasteiger partial charge on any atom is -0.490 e. The molecule has 3 N–H and O–H groups in total. The summed E-state index contributed by atoms with van der Waals surface area (Å²) < 4.78 is 10.6. The van der Waals surface area contributed by atoms with E-state index in [1.807, 2.05) is 13.8 Å². The van der Waals surface area contributed by atoms with Crippen LogP contribution in [-0.2, 0) is 4.74 Å². The zero-order chi connectivity index (χ0) is 13.5. The lowest BCUT2D eigenvalue weighted by Gasteiger charge is -2.16. The largest absolute Gasteiger partial charge is 0.490 e. The van der Waals surface area contributed by atoms with Crippen molar-refractivity contribution in [1.29, 1.82) is 0 Å². The van der Waals surface area contributed by atoms with Gasteiger partial charge in [-0.05, 0) is 32.0 Å². The van der Waals surface area contributed by atoms with Crippen molar-refractivity contribution in [3.8, 4) is 5.75 Å². The summed E-state index contributed by atoms with van der Waals surface area (Å²) >= 11 is 5.91. The predicted molar refractivity (Wildman–Crippen MR) is 72.0 cm³/mol. The summed E-state index contributed by atoms with van der Waals surface area (Å²) in [6, 6.07) is 5.09. The van der Waals surface area contributed by atoms with E-state index >= 15 is 0 Å². The van der Waals surface area contributed by atoms with E-state index in [0.29, 0.717) is 17.4 Å². The molecule has 0 aliphatic carbocycles. The maximum Gasteiger partial charge on any atom is 0.124 e. The van der Waals surface area contributed by atoms with Gasteiger partial charge >= 0.3 is 0 Å². The highest BCUT2D eigenvalue weighted by Gasteiger charge is 2.11. The van der Waals surface area contributed by atoms with Crippen LogP contribution in [0.3, 0.4) is 0 Å². The second-order valence-corrected chi connectivity index (χ2v) is 4.53. The molecule has 1 aromatic rings. The van der Waals surface area contributed by atoms with Gasteiger partial charge in [-0.25, -0.2) is 0 Å². The topological polar surface area (TPSA) is 64.7 Å². The number of benzene rings is 1. The molecule has 0 aliphatic rings. The SMILES string of the molecule is CCOCC(O)COc1ccc(Cl)cc1C(C)N. The first-order chi connectivity index (χ1) is 8.54. The Morgan fingerprint density at radius 2 is 2.11 bits per heavy atom. The van der Waals surface area contributed by atoms with E-state index in [9.17, 15) is 5.11 Å². The fourth-order valence-electron chi connectivity index (χ4n) is 1.49. The van der Waals surface area contributed by atoms with E-state index in [2.05, 4.69) is 0 Å². The summed E-state index contributed by atoms with van der Waals surface area (Å²) in [7, 11) is 0. The van der Waals surface area contributed by atoms with Crippen LogP contribution in [0.4, 0.5) is 0 Å². The predicted octanol–water partition coefficient (Wildman–Crippen LogP) is 2.14. The molecule has 5 heteroatoms. The van der Waals surface area contributed by atoms with Crippen LogP contribution in [0.2, 0.25) is 5.02 Å². The van der Waals surface area contributed by atoms with Gasteiger partial charge in [0.1, 0.15) is 18.5 Å². The van der Waals surface area contributed by atoms with Crippen LogP contribution in [0.15, 0.2) is 18.2 Å². The molecule has 0 amide bonds. The highest BCUT2D eigenvalue weighted by atomic mass is 35.5. The number of aliphatic hydroxyl groups excluding tert-OH is 1. The second-order valence-electron chi connectivity index (χ2n) is 4.10. The van der Waals surface area contributed by atoms with Crippen molar-refractivity contribution in [2.45, 2.75) is 26.0 Å². The Morgan fingerprint density at radius 3 is 2.72 bits per heavy atom. The zero-order valence-corrected chi connectivity index (χ0v) is 11.5. The van der Waals surface area contributed by atoms with Gasteiger partial charge in [0.25, 0.3) is 0 Å². The van der Waals surface area contributed by atoms with E-state index in [0.717, 1.165) is 5.56 Å². The van der Waals surface area contributed by atoms with E-state index in [-0.39, 0.29) is 19.3 Å². The fourth-order valence-corrected chi connectivity index (χ4v) is 1.68. The number of halogens is 1. The average molecular weight is 274 g/mol. The lowest BCUT2D eigenvalue weighted by molar-refractivity contribution is 0.0162. The molecule has 1 rings (SSSR count). The summed E-state index contributed by atoms with van der Waals surface area (Å²) in [6.07, 6.45) is -0.651. The fraction of sp³-hybridized carbons (Fsp3) is 0.538. The van der Waals surface area contributed by atoms with Gasteiger partial charge in [0.05, 0.1) is 6.61 Å². The summed E-state index contributed by atoms with van der Waals surface area (Å²) in [5, 5.41) is 10.2. The molecule has 0 heterocycles. The summed E-state index contributed by atoms with van der Waals surface area (Å²) in [5.74, 6) is 0.643. The molecule has 0 radical (unpaired) electrons. The van der Waals surface area contributed by atoms with E-state index < -0.39 is 6.10 Å². The number of ether oxygens (including phenoxy) is 2. The molecule has 2 atom stereocenters. The van der Waals surface area contributed by atoms with Gasteiger partial charge in [0.15, 0.2) is 0 Å². The number of rotatable bonds is 7. The van der Waals surface area contributed by atoms with Crippen LogP contribution < -0.4 is 10.5 Å². The molecule has 4 nitrogen and oxygen atoms in total. The van der Waals surface area contributed by atoms with Gasteiger partial charge < -0.3 is 20.3 Å². The van der Waals surface area contributed by atoms with E-state index in [1.54, 1.807) is 18.2 Å². The summed E-state index contributed by atoms with van der Waals surface area (Å²) in [4.78, 5) is 0. The molecule has 0 saturated carbocycles. The third kappa shape index (κ3) is 4.82. The maximum atomic E-state index is 9.62. The van der Waals surface area contributed by atoms with Gasteiger partial charge in [-0.2, -0.15) is 0 Å². The van der Waals surface area contributed by atoms with Crippen LogP contribution in [-0.4, -0.2) is 31.0 Å². The normalized spacial score (nSPS) is 14.3. The minimum absolute atomic E-state index is 0.168.